The van der Waals surface area contributed by atoms with E-state index in [1.54, 1.807) is 0 Å². The van der Waals surface area contributed by atoms with E-state index in [-0.39, 0.29) is 11.8 Å². The molecular weight excluding hydrogens is 522 g/mol. The van der Waals surface area contributed by atoms with Gasteiger partial charge in [0.15, 0.2) is 0 Å². The first-order valence-electron chi connectivity index (χ1n) is 15.4. The fourth-order valence-electron chi connectivity index (χ4n) is 6.60. The van der Waals surface area contributed by atoms with Crippen LogP contribution in [0.1, 0.15) is 68.9 Å². The number of anilines is 1. The van der Waals surface area contributed by atoms with Gasteiger partial charge in [-0.05, 0) is 99.3 Å². The average molecular weight is 566 g/mol. The van der Waals surface area contributed by atoms with E-state index in [4.69, 9.17) is 0 Å². The molecular formula is C35H43N5O2. The number of aromatic nitrogens is 1. The Morgan fingerprint density at radius 2 is 1.69 bits per heavy atom. The molecule has 0 bridgehead atoms. The first-order chi connectivity index (χ1) is 20.4. The molecule has 7 heteroatoms. The molecule has 3 aliphatic rings. The number of piperazine rings is 1. The van der Waals surface area contributed by atoms with E-state index in [0.29, 0.717) is 24.3 Å². The molecule has 3 heterocycles. The Balaban J connectivity index is 1.24. The van der Waals surface area contributed by atoms with Crippen molar-refractivity contribution in [1.82, 2.24) is 19.3 Å². The molecule has 0 atom stereocenters. The highest BCUT2D eigenvalue weighted by atomic mass is 16.2. The molecule has 7 nitrogen and oxygen atoms in total. The summed E-state index contributed by atoms with van der Waals surface area (Å²) >= 11 is 0. The minimum Gasteiger partial charge on any atom is -0.335 e. The van der Waals surface area contributed by atoms with Crippen LogP contribution in [-0.4, -0.2) is 84.4 Å². The van der Waals surface area contributed by atoms with E-state index < -0.39 is 0 Å². The van der Waals surface area contributed by atoms with Gasteiger partial charge in [-0.1, -0.05) is 30.3 Å². The van der Waals surface area contributed by atoms with Gasteiger partial charge in [0.25, 0.3) is 11.8 Å². The standard InChI is InChI=1S/C35H43N5O2/c1-26-23-28(13-15-31(26)27-9-5-4-6-10-27)34(41)40-25-30-14-16-33(39(30)24-29-11-7-8-12-32(29)40)35(42)38-21-19-37(20-22-38)18-17-36(2)3/h7-9,11-16,23H,4-6,10,17-22,24-25H2,1-3H3. The van der Waals surface area contributed by atoms with Crippen molar-refractivity contribution in [3.8, 4) is 0 Å². The second-order valence-corrected chi connectivity index (χ2v) is 12.3. The van der Waals surface area contributed by atoms with Crippen LogP contribution in [0.3, 0.4) is 0 Å². The number of amides is 2. The van der Waals surface area contributed by atoms with Crippen molar-refractivity contribution in [3.63, 3.8) is 0 Å². The van der Waals surface area contributed by atoms with Crippen molar-refractivity contribution < 1.29 is 9.59 Å². The van der Waals surface area contributed by atoms with Crippen molar-refractivity contribution in [2.75, 3.05) is 58.3 Å². The van der Waals surface area contributed by atoms with E-state index in [0.717, 1.165) is 74.6 Å². The third kappa shape index (κ3) is 5.81. The summed E-state index contributed by atoms with van der Waals surface area (Å²) in [6.45, 7) is 8.42. The van der Waals surface area contributed by atoms with Gasteiger partial charge in [0, 0.05) is 56.2 Å². The van der Waals surface area contributed by atoms with Crippen molar-refractivity contribution in [2.45, 2.75) is 45.7 Å². The van der Waals surface area contributed by atoms with Crippen molar-refractivity contribution >= 4 is 23.1 Å². The number of likely N-dealkylation sites (N-methyl/N-ethyl adjacent to an activating group) is 1. The topological polar surface area (TPSA) is 52.0 Å². The van der Waals surface area contributed by atoms with Crippen LogP contribution in [0.5, 0.6) is 0 Å². The maximum Gasteiger partial charge on any atom is 0.270 e. The summed E-state index contributed by atoms with van der Waals surface area (Å²) < 4.78 is 2.12. The average Bonchev–Trinajstić information content (AvgIpc) is 3.32. The summed E-state index contributed by atoms with van der Waals surface area (Å²) in [6.07, 6.45) is 7.09. The van der Waals surface area contributed by atoms with Crippen molar-refractivity contribution in [2.24, 2.45) is 0 Å². The molecule has 0 saturated carbocycles. The molecule has 0 N–H and O–H groups in total. The number of carbonyl (C=O) groups excluding carboxylic acids is 2. The maximum atomic E-state index is 14.1. The van der Waals surface area contributed by atoms with Gasteiger partial charge in [-0.15, -0.1) is 0 Å². The summed E-state index contributed by atoms with van der Waals surface area (Å²) in [5.74, 6) is 0.0695. The Hall–Kier alpha value is -3.68. The van der Waals surface area contributed by atoms with Gasteiger partial charge in [0.1, 0.15) is 5.69 Å². The number of aryl methyl sites for hydroxylation is 1. The van der Waals surface area contributed by atoms with Crippen LogP contribution >= 0.6 is 0 Å². The predicted octanol–water partition coefficient (Wildman–Crippen LogP) is 5.28. The van der Waals surface area contributed by atoms with E-state index >= 15 is 0 Å². The van der Waals surface area contributed by atoms with Crippen LogP contribution in [0.15, 0.2) is 60.7 Å². The molecule has 42 heavy (non-hydrogen) atoms. The molecule has 3 aromatic rings. The largest absolute Gasteiger partial charge is 0.335 e. The van der Waals surface area contributed by atoms with E-state index in [2.05, 4.69) is 53.6 Å². The van der Waals surface area contributed by atoms with Crippen LogP contribution < -0.4 is 4.90 Å². The second-order valence-electron chi connectivity index (χ2n) is 12.3. The number of hydrogen-bond acceptors (Lipinski definition) is 4. The summed E-state index contributed by atoms with van der Waals surface area (Å²) in [5, 5.41) is 0. The van der Waals surface area contributed by atoms with E-state index in [9.17, 15) is 9.59 Å². The number of rotatable bonds is 6. The van der Waals surface area contributed by atoms with Gasteiger partial charge in [-0.2, -0.15) is 0 Å². The minimum atomic E-state index is -0.00824. The zero-order valence-corrected chi connectivity index (χ0v) is 25.3. The third-order valence-corrected chi connectivity index (χ3v) is 9.10. The van der Waals surface area contributed by atoms with Gasteiger partial charge in [0.2, 0.25) is 0 Å². The van der Waals surface area contributed by atoms with Gasteiger partial charge in [0.05, 0.1) is 13.1 Å². The number of benzene rings is 2. The van der Waals surface area contributed by atoms with Gasteiger partial charge in [-0.25, -0.2) is 0 Å². The zero-order chi connectivity index (χ0) is 29.2. The van der Waals surface area contributed by atoms with Gasteiger partial charge < -0.3 is 19.3 Å². The van der Waals surface area contributed by atoms with E-state index in [1.807, 2.05) is 52.3 Å². The lowest BCUT2D eigenvalue weighted by Gasteiger charge is -2.35. The molecule has 0 spiro atoms. The number of para-hydroxylation sites is 1. The first-order valence-corrected chi connectivity index (χ1v) is 15.4. The normalized spacial score (nSPS) is 17.5. The van der Waals surface area contributed by atoms with Gasteiger partial charge >= 0.3 is 0 Å². The summed E-state index contributed by atoms with van der Waals surface area (Å²) in [7, 11) is 4.19. The van der Waals surface area contributed by atoms with Crippen molar-refractivity contribution in [1.29, 1.82) is 0 Å². The lowest BCUT2D eigenvalue weighted by Crippen LogP contribution is -2.50. The third-order valence-electron chi connectivity index (χ3n) is 9.10. The monoisotopic (exact) mass is 565 g/mol. The fraction of sp³-hybridized carbons (Fsp3) is 0.429. The smallest absolute Gasteiger partial charge is 0.270 e. The molecule has 6 rings (SSSR count). The van der Waals surface area contributed by atoms with Crippen LogP contribution in [0.25, 0.3) is 5.57 Å². The molecule has 0 unspecified atom stereocenters. The minimum absolute atomic E-state index is 0.00824. The van der Waals surface area contributed by atoms with Crippen LogP contribution in [0.4, 0.5) is 5.69 Å². The number of nitrogens with zero attached hydrogens (tertiary/aromatic N) is 5. The second kappa shape index (κ2) is 12.3. The fourth-order valence-corrected chi connectivity index (χ4v) is 6.60. The molecule has 0 radical (unpaired) electrons. The maximum absolute atomic E-state index is 14.1. The van der Waals surface area contributed by atoms with E-state index in [1.165, 1.54) is 24.0 Å². The Morgan fingerprint density at radius 1 is 0.881 bits per heavy atom. The molecule has 2 aliphatic heterocycles. The number of fused-ring (bicyclic) bond motifs is 2. The molecule has 1 fully saturated rings. The van der Waals surface area contributed by atoms with Gasteiger partial charge in [-0.3, -0.25) is 14.5 Å². The lowest BCUT2D eigenvalue weighted by molar-refractivity contribution is 0.0619. The van der Waals surface area contributed by atoms with Crippen LogP contribution in [-0.2, 0) is 13.1 Å². The van der Waals surface area contributed by atoms with Crippen molar-refractivity contribution in [3.05, 3.63) is 94.3 Å². The lowest BCUT2D eigenvalue weighted by atomic mass is 9.90. The Kier molecular flexibility index (Phi) is 8.31. The summed E-state index contributed by atoms with van der Waals surface area (Å²) in [6, 6.07) is 18.2. The highest BCUT2D eigenvalue weighted by Crippen LogP contribution is 2.33. The van der Waals surface area contributed by atoms with Crippen LogP contribution in [0.2, 0.25) is 0 Å². The van der Waals surface area contributed by atoms with Crippen LogP contribution in [0, 0.1) is 6.92 Å². The molecule has 2 aromatic carbocycles. The summed E-state index contributed by atoms with van der Waals surface area (Å²) in [4.78, 5) is 36.4. The molecule has 2 amide bonds. The predicted molar refractivity (Wildman–Crippen MR) is 169 cm³/mol. The quantitative estimate of drug-likeness (QED) is 0.408. The number of hydrogen-bond donors (Lipinski definition) is 0. The molecule has 1 aromatic heterocycles. The SMILES string of the molecule is Cc1cc(C(=O)N2Cc3ccc(C(=O)N4CCN(CCN(C)C)CC4)n3Cc3ccccc32)ccc1C1=CCCCC1. The molecule has 220 valence electrons. The zero-order valence-electron chi connectivity index (χ0n) is 25.3. The molecule has 1 aliphatic carbocycles. The highest BCUT2D eigenvalue weighted by Gasteiger charge is 2.30. The number of carbonyl (C=O) groups is 2. The highest BCUT2D eigenvalue weighted by molar-refractivity contribution is 6.07. The Bertz CT molecular complexity index is 1490. The molecule has 1 saturated heterocycles. The Labute approximate surface area is 250 Å². The first kappa shape index (κ1) is 28.4. The Morgan fingerprint density at radius 3 is 2.43 bits per heavy atom. The summed E-state index contributed by atoms with van der Waals surface area (Å²) in [5.41, 5.74) is 8.16. The number of allylic oxidation sites excluding steroid dienone is 2.